The van der Waals surface area contributed by atoms with Gasteiger partial charge in [0.15, 0.2) is 0 Å². The average molecular weight is 461 g/mol. The fourth-order valence-electron chi connectivity index (χ4n) is 5.52. The van der Waals surface area contributed by atoms with Crippen molar-refractivity contribution in [2.75, 3.05) is 38.1 Å². The SMILES string of the molecule is CNC(=O)C1CN(c2ccc(C#N)c(C(F)(F)F)c2)CC12CCN(C(=O)C1CC=CC1)CC2. The molecule has 2 saturated heterocycles. The summed E-state index contributed by atoms with van der Waals surface area (Å²) in [4.78, 5) is 29.3. The van der Waals surface area contributed by atoms with Crippen LogP contribution in [-0.4, -0.2) is 49.9 Å². The van der Waals surface area contributed by atoms with E-state index in [0.29, 0.717) is 44.7 Å². The van der Waals surface area contributed by atoms with Crippen molar-refractivity contribution < 1.29 is 22.8 Å². The van der Waals surface area contributed by atoms with Crippen LogP contribution in [0.3, 0.4) is 0 Å². The zero-order valence-electron chi connectivity index (χ0n) is 18.5. The van der Waals surface area contributed by atoms with Gasteiger partial charge in [-0.1, -0.05) is 12.2 Å². The van der Waals surface area contributed by atoms with E-state index >= 15 is 0 Å². The number of piperidine rings is 1. The molecule has 2 aliphatic heterocycles. The molecule has 6 nitrogen and oxygen atoms in total. The number of alkyl halides is 3. The van der Waals surface area contributed by atoms with Gasteiger partial charge in [-0.05, 0) is 43.9 Å². The van der Waals surface area contributed by atoms with E-state index in [0.717, 1.165) is 18.9 Å². The van der Waals surface area contributed by atoms with Gasteiger partial charge in [0, 0.05) is 50.2 Å². The van der Waals surface area contributed by atoms with E-state index in [1.807, 2.05) is 22.0 Å². The first-order chi connectivity index (χ1) is 15.7. The van der Waals surface area contributed by atoms with Crippen molar-refractivity contribution in [1.82, 2.24) is 10.2 Å². The molecule has 4 rings (SSSR count). The van der Waals surface area contributed by atoms with Gasteiger partial charge < -0.3 is 15.1 Å². The molecule has 1 aromatic rings. The molecule has 1 unspecified atom stereocenters. The summed E-state index contributed by atoms with van der Waals surface area (Å²) in [6, 6.07) is 5.31. The van der Waals surface area contributed by atoms with Crippen LogP contribution in [0.5, 0.6) is 0 Å². The zero-order valence-corrected chi connectivity index (χ0v) is 18.5. The van der Waals surface area contributed by atoms with Crippen molar-refractivity contribution in [3.63, 3.8) is 0 Å². The number of carbonyl (C=O) groups excluding carboxylic acids is 2. The van der Waals surface area contributed by atoms with Crippen molar-refractivity contribution >= 4 is 17.5 Å². The molecule has 2 heterocycles. The van der Waals surface area contributed by atoms with Crippen molar-refractivity contribution in [2.45, 2.75) is 31.9 Å². The Morgan fingerprint density at radius 2 is 1.85 bits per heavy atom. The number of rotatable bonds is 3. The van der Waals surface area contributed by atoms with Gasteiger partial charge in [0.1, 0.15) is 0 Å². The number of benzene rings is 1. The first-order valence-corrected chi connectivity index (χ1v) is 11.2. The topological polar surface area (TPSA) is 76.4 Å². The fourth-order valence-corrected chi connectivity index (χ4v) is 5.52. The Morgan fingerprint density at radius 1 is 1.18 bits per heavy atom. The first kappa shape index (κ1) is 23.1. The van der Waals surface area contributed by atoms with Gasteiger partial charge in [-0.25, -0.2) is 0 Å². The lowest BCUT2D eigenvalue weighted by molar-refractivity contribution is -0.139. The minimum Gasteiger partial charge on any atom is -0.370 e. The minimum atomic E-state index is -4.64. The molecule has 1 spiro atoms. The van der Waals surface area contributed by atoms with Crippen LogP contribution in [-0.2, 0) is 15.8 Å². The van der Waals surface area contributed by atoms with Gasteiger partial charge >= 0.3 is 6.18 Å². The van der Waals surface area contributed by atoms with Gasteiger partial charge in [0.25, 0.3) is 0 Å². The van der Waals surface area contributed by atoms with Crippen molar-refractivity contribution in [1.29, 1.82) is 5.26 Å². The number of nitrogens with one attached hydrogen (secondary N) is 1. The quantitative estimate of drug-likeness (QED) is 0.702. The Hall–Kier alpha value is -3.02. The summed E-state index contributed by atoms with van der Waals surface area (Å²) in [6.45, 7) is 1.81. The number of likely N-dealkylation sites (tertiary alicyclic amines) is 1. The number of allylic oxidation sites excluding steroid dienone is 2. The third-order valence-electron chi connectivity index (χ3n) is 7.43. The van der Waals surface area contributed by atoms with Crippen LogP contribution in [0, 0.1) is 28.6 Å². The van der Waals surface area contributed by atoms with E-state index in [1.165, 1.54) is 12.1 Å². The second kappa shape index (κ2) is 8.73. The van der Waals surface area contributed by atoms with Gasteiger partial charge in [-0.3, -0.25) is 9.59 Å². The standard InChI is InChI=1S/C24H27F3N4O2/c1-29-21(32)20-14-31(18-7-6-17(13-28)19(12-18)24(25,26)27)15-23(20)8-10-30(11-9-23)22(33)16-4-2-3-5-16/h2-3,6-7,12,16,20H,4-5,8-11,14-15H2,1H3,(H,29,32). The summed E-state index contributed by atoms with van der Waals surface area (Å²) < 4.78 is 40.4. The molecule has 1 aliphatic carbocycles. The van der Waals surface area contributed by atoms with E-state index in [1.54, 1.807) is 13.1 Å². The van der Waals surface area contributed by atoms with Crippen LogP contribution in [0.4, 0.5) is 18.9 Å². The Labute approximate surface area is 191 Å². The highest BCUT2D eigenvalue weighted by atomic mass is 19.4. The average Bonchev–Trinajstić information content (AvgIpc) is 3.46. The summed E-state index contributed by atoms with van der Waals surface area (Å²) in [7, 11) is 1.56. The highest BCUT2D eigenvalue weighted by Crippen LogP contribution is 2.47. The molecule has 0 saturated carbocycles. The third kappa shape index (κ3) is 4.31. The van der Waals surface area contributed by atoms with E-state index < -0.39 is 28.6 Å². The smallest absolute Gasteiger partial charge is 0.370 e. The normalized spacial score (nSPS) is 22.6. The largest absolute Gasteiger partial charge is 0.417 e. The number of hydrogen-bond donors (Lipinski definition) is 1. The van der Waals surface area contributed by atoms with Crippen LogP contribution in [0.15, 0.2) is 30.4 Å². The van der Waals surface area contributed by atoms with Crippen molar-refractivity contribution in [2.24, 2.45) is 17.3 Å². The van der Waals surface area contributed by atoms with Crippen molar-refractivity contribution in [3.8, 4) is 6.07 Å². The Kier molecular flexibility index (Phi) is 6.12. The second-order valence-electron chi connectivity index (χ2n) is 9.21. The summed E-state index contributed by atoms with van der Waals surface area (Å²) in [5.74, 6) is -0.392. The molecule has 1 atom stereocenters. The predicted octanol–water partition coefficient (Wildman–Crippen LogP) is 3.33. The van der Waals surface area contributed by atoms with Crippen LogP contribution in [0.1, 0.15) is 36.8 Å². The summed E-state index contributed by atoms with van der Waals surface area (Å²) in [5, 5.41) is 11.8. The molecule has 2 fully saturated rings. The number of hydrogen-bond acceptors (Lipinski definition) is 4. The minimum absolute atomic E-state index is 0.00620. The lowest BCUT2D eigenvalue weighted by Gasteiger charge is -2.42. The highest BCUT2D eigenvalue weighted by Gasteiger charge is 2.52. The maximum Gasteiger partial charge on any atom is 0.417 e. The third-order valence-corrected chi connectivity index (χ3v) is 7.43. The molecule has 33 heavy (non-hydrogen) atoms. The zero-order chi connectivity index (χ0) is 23.8. The van der Waals surface area contributed by atoms with Crippen molar-refractivity contribution in [3.05, 3.63) is 41.5 Å². The van der Waals surface area contributed by atoms with Crippen LogP contribution < -0.4 is 10.2 Å². The fraction of sp³-hybridized carbons (Fsp3) is 0.542. The maximum atomic E-state index is 13.5. The molecule has 9 heteroatoms. The summed E-state index contributed by atoms with van der Waals surface area (Å²) in [5.41, 5.74) is -1.46. The molecule has 3 aliphatic rings. The summed E-state index contributed by atoms with van der Waals surface area (Å²) in [6.07, 6.45) is 2.17. The molecule has 0 bridgehead atoms. The van der Waals surface area contributed by atoms with Crippen LogP contribution in [0.2, 0.25) is 0 Å². The number of amides is 2. The maximum absolute atomic E-state index is 13.5. The highest BCUT2D eigenvalue weighted by molar-refractivity contribution is 5.82. The Morgan fingerprint density at radius 3 is 2.42 bits per heavy atom. The first-order valence-electron chi connectivity index (χ1n) is 11.2. The number of carbonyl (C=O) groups is 2. The van der Waals surface area contributed by atoms with E-state index in [9.17, 15) is 22.8 Å². The van der Waals surface area contributed by atoms with E-state index in [4.69, 9.17) is 5.26 Å². The number of nitrogens with zero attached hydrogens (tertiary/aromatic N) is 3. The van der Waals surface area contributed by atoms with Crippen LogP contribution >= 0.6 is 0 Å². The van der Waals surface area contributed by atoms with Gasteiger partial charge in [-0.15, -0.1) is 0 Å². The molecular weight excluding hydrogens is 433 g/mol. The number of nitriles is 1. The number of halogens is 3. The summed E-state index contributed by atoms with van der Waals surface area (Å²) >= 11 is 0. The monoisotopic (exact) mass is 460 g/mol. The van der Waals surface area contributed by atoms with Gasteiger partial charge in [0.05, 0.1) is 23.1 Å². The number of anilines is 1. The van der Waals surface area contributed by atoms with Gasteiger partial charge in [0.2, 0.25) is 11.8 Å². The molecule has 2 amide bonds. The Balaban J connectivity index is 1.56. The van der Waals surface area contributed by atoms with E-state index in [-0.39, 0.29) is 17.7 Å². The van der Waals surface area contributed by atoms with E-state index in [2.05, 4.69) is 5.32 Å². The van der Waals surface area contributed by atoms with Gasteiger partial charge in [-0.2, -0.15) is 18.4 Å². The van der Waals surface area contributed by atoms with Crippen LogP contribution in [0.25, 0.3) is 0 Å². The molecule has 1 aromatic carbocycles. The molecule has 0 aromatic heterocycles. The molecule has 0 radical (unpaired) electrons. The predicted molar refractivity (Wildman–Crippen MR) is 116 cm³/mol. The molecule has 176 valence electrons. The lowest BCUT2D eigenvalue weighted by atomic mass is 9.70. The Bertz CT molecular complexity index is 998. The lowest BCUT2D eigenvalue weighted by Crippen LogP contribution is -2.50. The molecular formula is C24H27F3N4O2. The molecule has 1 N–H and O–H groups in total. The second-order valence-corrected chi connectivity index (χ2v) is 9.21.